The third-order valence-corrected chi connectivity index (χ3v) is 5.72. The molecule has 0 aliphatic carbocycles. The number of amides is 1. The van der Waals surface area contributed by atoms with Crippen LogP contribution in [0.25, 0.3) is 0 Å². The lowest BCUT2D eigenvalue weighted by Crippen LogP contribution is -2.39. The van der Waals surface area contributed by atoms with Gasteiger partial charge in [0.15, 0.2) is 0 Å². The third kappa shape index (κ3) is 5.84. The molecule has 0 atom stereocenters. The predicted molar refractivity (Wildman–Crippen MR) is 111 cm³/mol. The molecule has 0 aliphatic heterocycles. The normalized spacial score (nSPS) is 11.6. The average molecular weight is 449 g/mol. The molecule has 2 aromatic carbocycles. The Kier molecular flexibility index (Phi) is 7.11. The van der Waals surface area contributed by atoms with Crippen LogP contribution in [0.5, 0.6) is 0 Å². The first kappa shape index (κ1) is 21.5. The fourth-order valence-corrected chi connectivity index (χ4v) is 3.62. The molecule has 2 rings (SSSR count). The minimum absolute atomic E-state index is 0.279. The van der Waals surface area contributed by atoms with Gasteiger partial charge >= 0.3 is 0 Å². The van der Waals surface area contributed by atoms with Crippen molar-refractivity contribution >= 4 is 62.6 Å². The van der Waals surface area contributed by atoms with Crippen LogP contribution in [0.2, 0.25) is 15.1 Å². The minimum Gasteiger partial charge on any atom is -0.271 e. The highest BCUT2D eigenvalue weighted by molar-refractivity contribution is 7.92. The first-order valence-electron chi connectivity index (χ1n) is 7.59. The van der Waals surface area contributed by atoms with E-state index in [1.807, 2.05) is 0 Å². The molecule has 27 heavy (non-hydrogen) atoms. The van der Waals surface area contributed by atoms with Gasteiger partial charge in [-0.1, -0.05) is 46.9 Å². The number of nitrogens with one attached hydrogen (secondary N) is 1. The van der Waals surface area contributed by atoms with Crippen molar-refractivity contribution in [2.24, 2.45) is 5.10 Å². The number of carbonyl (C=O) groups is 1. The van der Waals surface area contributed by atoms with Gasteiger partial charge in [-0.15, -0.1) is 0 Å². The van der Waals surface area contributed by atoms with Gasteiger partial charge in [0.1, 0.15) is 6.54 Å². The fourth-order valence-electron chi connectivity index (χ4n) is 2.11. The molecule has 144 valence electrons. The monoisotopic (exact) mass is 447 g/mol. The van der Waals surface area contributed by atoms with Crippen LogP contribution in [-0.2, 0) is 14.8 Å². The summed E-state index contributed by atoms with van der Waals surface area (Å²) in [5, 5.41) is 4.92. The number of hydrogen-bond acceptors (Lipinski definition) is 4. The van der Waals surface area contributed by atoms with Crippen molar-refractivity contribution in [1.82, 2.24) is 5.43 Å². The number of aryl methyl sites for hydroxylation is 1. The molecule has 0 heterocycles. The summed E-state index contributed by atoms with van der Waals surface area (Å²) in [6.45, 7) is 1.32. The fraction of sp³-hybridized carbons (Fsp3) is 0.176. The Morgan fingerprint density at radius 3 is 2.33 bits per heavy atom. The molecule has 0 aromatic heterocycles. The number of rotatable bonds is 6. The van der Waals surface area contributed by atoms with E-state index in [0.717, 1.165) is 16.1 Å². The highest BCUT2D eigenvalue weighted by atomic mass is 35.5. The second-order valence-corrected chi connectivity index (χ2v) is 8.76. The number of carbonyl (C=O) groups excluding carboxylic acids is 1. The van der Waals surface area contributed by atoms with Crippen LogP contribution in [0, 0.1) is 6.92 Å². The minimum atomic E-state index is -3.71. The van der Waals surface area contributed by atoms with Gasteiger partial charge in [0.05, 0.1) is 28.2 Å². The summed E-state index contributed by atoms with van der Waals surface area (Å²) in [6, 6.07) is 9.66. The third-order valence-electron chi connectivity index (χ3n) is 3.51. The number of benzene rings is 2. The van der Waals surface area contributed by atoms with Gasteiger partial charge in [0.2, 0.25) is 10.0 Å². The standard InChI is InChI=1S/C17H16Cl3N3O3S/c1-11-6-7-12(8-16(11)20)23(27(2,25)26)10-17(24)22-21-9-13-14(18)4-3-5-15(13)19/h3-9H,10H2,1-2H3,(H,22,24)/b21-9-. The van der Waals surface area contributed by atoms with Crippen molar-refractivity contribution in [1.29, 1.82) is 0 Å². The van der Waals surface area contributed by atoms with Crippen molar-refractivity contribution in [2.45, 2.75) is 6.92 Å². The first-order chi connectivity index (χ1) is 12.6. The highest BCUT2D eigenvalue weighted by Crippen LogP contribution is 2.25. The van der Waals surface area contributed by atoms with Crippen molar-refractivity contribution in [3.8, 4) is 0 Å². The van der Waals surface area contributed by atoms with Gasteiger partial charge in [-0.25, -0.2) is 13.8 Å². The van der Waals surface area contributed by atoms with Crippen LogP contribution in [0.3, 0.4) is 0 Å². The number of hydrazone groups is 1. The van der Waals surface area contributed by atoms with E-state index in [4.69, 9.17) is 34.8 Å². The average Bonchev–Trinajstić information content (AvgIpc) is 2.57. The Morgan fingerprint density at radius 2 is 1.78 bits per heavy atom. The highest BCUT2D eigenvalue weighted by Gasteiger charge is 2.21. The second kappa shape index (κ2) is 8.93. The van der Waals surface area contributed by atoms with Crippen molar-refractivity contribution in [2.75, 3.05) is 17.1 Å². The van der Waals surface area contributed by atoms with E-state index in [9.17, 15) is 13.2 Å². The van der Waals surface area contributed by atoms with Gasteiger partial charge in [-0.2, -0.15) is 5.10 Å². The molecule has 0 saturated carbocycles. The molecule has 0 aliphatic rings. The molecule has 2 aromatic rings. The van der Waals surface area contributed by atoms with Crippen LogP contribution in [0.4, 0.5) is 5.69 Å². The Hall–Kier alpha value is -1.80. The van der Waals surface area contributed by atoms with Gasteiger partial charge < -0.3 is 0 Å². The largest absolute Gasteiger partial charge is 0.271 e. The summed E-state index contributed by atoms with van der Waals surface area (Å²) in [5.41, 5.74) is 3.76. The molecular weight excluding hydrogens is 433 g/mol. The zero-order valence-electron chi connectivity index (χ0n) is 14.4. The van der Waals surface area contributed by atoms with Gasteiger partial charge in [-0.05, 0) is 36.8 Å². The van der Waals surface area contributed by atoms with Crippen LogP contribution < -0.4 is 9.73 Å². The van der Waals surface area contributed by atoms with E-state index in [-0.39, 0.29) is 5.69 Å². The number of halogens is 3. The van der Waals surface area contributed by atoms with Crippen LogP contribution in [0.1, 0.15) is 11.1 Å². The van der Waals surface area contributed by atoms with Crippen LogP contribution in [0.15, 0.2) is 41.5 Å². The second-order valence-electron chi connectivity index (χ2n) is 5.63. The number of sulfonamides is 1. The molecule has 0 saturated heterocycles. The summed E-state index contributed by atoms with van der Waals surface area (Å²) in [7, 11) is -3.71. The molecule has 0 bridgehead atoms. The molecule has 6 nitrogen and oxygen atoms in total. The summed E-state index contributed by atoms with van der Waals surface area (Å²) >= 11 is 18.1. The SMILES string of the molecule is Cc1ccc(N(CC(=O)N/N=C\c2c(Cl)cccc2Cl)S(C)(=O)=O)cc1Cl. The Morgan fingerprint density at radius 1 is 1.15 bits per heavy atom. The Labute approximate surface area is 172 Å². The summed E-state index contributed by atoms with van der Waals surface area (Å²) in [6.07, 6.45) is 2.29. The smallest absolute Gasteiger partial charge is 0.260 e. The molecule has 0 fully saturated rings. The molecule has 0 spiro atoms. The van der Waals surface area contributed by atoms with Gasteiger partial charge in [-0.3, -0.25) is 9.10 Å². The van der Waals surface area contributed by atoms with E-state index in [1.54, 1.807) is 37.3 Å². The van der Waals surface area contributed by atoms with E-state index >= 15 is 0 Å². The lowest BCUT2D eigenvalue weighted by molar-refractivity contribution is -0.119. The molecule has 0 radical (unpaired) electrons. The quantitative estimate of drug-likeness (QED) is 0.538. The maximum Gasteiger partial charge on any atom is 0.260 e. The van der Waals surface area contributed by atoms with E-state index in [2.05, 4.69) is 10.5 Å². The maximum atomic E-state index is 12.2. The molecular formula is C17H16Cl3N3O3S. The van der Waals surface area contributed by atoms with Crippen LogP contribution >= 0.6 is 34.8 Å². The lowest BCUT2D eigenvalue weighted by Gasteiger charge is -2.21. The zero-order chi connectivity index (χ0) is 20.2. The molecule has 1 N–H and O–H groups in total. The molecule has 0 unspecified atom stereocenters. The molecule has 1 amide bonds. The first-order valence-corrected chi connectivity index (χ1v) is 10.6. The predicted octanol–water partition coefficient (Wildman–Crippen LogP) is 3.87. The summed E-state index contributed by atoms with van der Waals surface area (Å²) in [5.74, 6) is -0.642. The number of nitrogens with zero attached hydrogens (tertiary/aromatic N) is 2. The van der Waals surface area contributed by atoms with Gasteiger partial charge in [0, 0.05) is 10.6 Å². The molecule has 10 heteroatoms. The van der Waals surface area contributed by atoms with E-state index in [0.29, 0.717) is 20.6 Å². The Balaban J connectivity index is 2.15. The van der Waals surface area contributed by atoms with Crippen molar-refractivity contribution < 1.29 is 13.2 Å². The number of anilines is 1. The van der Waals surface area contributed by atoms with E-state index in [1.165, 1.54) is 12.3 Å². The van der Waals surface area contributed by atoms with Crippen LogP contribution in [-0.4, -0.2) is 33.3 Å². The summed E-state index contributed by atoms with van der Waals surface area (Å²) in [4.78, 5) is 12.2. The lowest BCUT2D eigenvalue weighted by atomic mass is 10.2. The van der Waals surface area contributed by atoms with Crippen molar-refractivity contribution in [3.63, 3.8) is 0 Å². The van der Waals surface area contributed by atoms with E-state index < -0.39 is 22.5 Å². The Bertz CT molecular complexity index is 974. The van der Waals surface area contributed by atoms with Gasteiger partial charge in [0.25, 0.3) is 5.91 Å². The summed E-state index contributed by atoms with van der Waals surface area (Å²) < 4.78 is 25.1. The zero-order valence-corrected chi connectivity index (χ0v) is 17.5. The number of hydrogen-bond donors (Lipinski definition) is 1. The topological polar surface area (TPSA) is 78.8 Å². The van der Waals surface area contributed by atoms with Crippen molar-refractivity contribution in [3.05, 3.63) is 62.6 Å². The maximum absolute atomic E-state index is 12.2.